The zero-order valence-corrected chi connectivity index (χ0v) is 12.1. The number of ether oxygens (including phenoxy) is 1. The molecule has 1 heterocycles. The second kappa shape index (κ2) is 6.43. The predicted molar refractivity (Wildman–Crippen MR) is 75.4 cm³/mol. The third-order valence-electron chi connectivity index (χ3n) is 2.51. The Kier molecular flexibility index (Phi) is 4.63. The Morgan fingerprint density at radius 1 is 1.42 bits per heavy atom. The number of carbonyl (C=O) groups is 1. The maximum absolute atomic E-state index is 11.7. The maximum atomic E-state index is 11.7. The van der Waals surface area contributed by atoms with Crippen LogP contribution in [0.15, 0.2) is 45.7 Å². The monoisotopic (exact) mass is 323 g/mol. The third kappa shape index (κ3) is 3.86. The number of hydrogen-bond acceptors (Lipinski definition) is 3. The lowest BCUT2D eigenvalue weighted by Gasteiger charge is -2.07. The Morgan fingerprint density at radius 2 is 2.26 bits per heavy atom. The van der Waals surface area contributed by atoms with E-state index in [1.54, 1.807) is 6.07 Å². The first-order valence-corrected chi connectivity index (χ1v) is 6.67. The minimum atomic E-state index is -0.187. The summed E-state index contributed by atoms with van der Waals surface area (Å²) < 4.78 is 11.0. The van der Waals surface area contributed by atoms with Crippen LogP contribution in [-0.2, 0) is 0 Å². The minimum Gasteiger partial charge on any atom is -0.492 e. The molecule has 0 radical (unpaired) electrons. The fraction of sp³-hybridized carbons (Fsp3) is 0.214. The Hall–Kier alpha value is -1.75. The summed E-state index contributed by atoms with van der Waals surface area (Å²) in [7, 11) is 0. The first-order chi connectivity index (χ1) is 9.16. The van der Waals surface area contributed by atoms with Crippen molar-refractivity contribution in [1.82, 2.24) is 5.32 Å². The van der Waals surface area contributed by atoms with Gasteiger partial charge in [0.25, 0.3) is 5.91 Å². The number of carbonyl (C=O) groups excluding carboxylic acids is 1. The van der Waals surface area contributed by atoms with Crippen molar-refractivity contribution >= 4 is 21.8 Å². The summed E-state index contributed by atoms with van der Waals surface area (Å²) in [5.41, 5.74) is 1.62. The van der Waals surface area contributed by atoms with Gasteiger partial charge in [-0.05, 0) is 46.6 Å². The van der Waals surface area contributed by atoms with Gasteiger partial charge < -0.3 is 14.5 Å². The average molecular weight is 324 g/mol. The summed E-state index contributed by atoms with van der Waals surface area (Å²) in [5.74, 6) is 0.618. The van der Waals surface area contributed by atoms with Gasteiger partial charge in [-0.3, -0.25) is 4.79 Å². The van der Waals surface area contributed by atoms with Crippen molar-refractivity contribution in [1.29, 1.82) is 0 Å². The number of hydrogen-bond donors (Lipinski definition) is 1. The van der Waals surface area contributed by atoms with Crippen LogP contribution in [0.2, 0.25) is 0 Å². The van der Waals surface area contributed by atoms with E-state index in [0.717, 1.165) is 11.3 Å². The smallest absolute Gasteiger partial charge is 0.255 e. The highest BCUT2D eigenvalue weighted by molar-refractivity contribution is 9.10. The van der Waals surface area contributed by atoms with Gasteiger partial charge in [0, 0.05) is 0 Å². The molecule has 1 aromatic carbocycles. The molecule has 19 heavy (non-hydrogen) atoms. The van der Waals surface area contributed by atoms with Crippen LogP contribution in [-0.4, -0.2) is 19.1 Å². The van der Waals surface area contributed by atoms with E-state index in [-0.39, 0.29) is 5.91 Å². The SMILES string of the molecule is Cc1cccc(OCCNC(=O)c2ccoc2Br)c1. The molecule has 0 bridgehead atoms. The quantitative estimate of drug-likeness (QED) is 0.860. The number of nitrogens with one attached hydrogen (secondary N) is 1. The van der Waals surface area contributed by atoms with Crippen LogP contribution in [0, 0.1) is 6.92 Å². The van der Waals surface area contributed by atoms with Crippen molar-refractivity contribution < 1.29 is 13.9 Å². The van der Waals surface area contributed by atoms with Crippen molar-refractivity contribution in [3.05, 3.63) is 52.4 Å². The van der Waals surface area contributed by atoms with Crippen LogP contribution in [0.5, 0.6) is 5.75 Å². The molecule has 5 heteroatoms. The Morgan fingerprint density at radius 3 is 2.95 bits per heavy atom. The molecule has 4 nitrogen and oxygen atoms in total. The van der Waals surface area contributed by atoms with Gasteiger partial charge in [0.15, 0.2) is 4.67 Å². The molecule has 0 aliphatic carbocycles. The number of furan rings is 1. The molecule has 0 aliphatic heterocycles. The van der Waals surface area contributed by atoms with E-state index in [1.807, 2.05) is 31.2 Å². The minimum absolute atomic E-state index is 0.187. The second-order valence-corrected chi connectivity index (χ2v) is 4.75. The van der Waals surface area contributed by atoms with Crippen LogP contribution in [0.3, 0.4) is 0 Å². The lowest BCUT2D eigenvalue weighted by Crippen LogP contribution is -2.28. The largest absolute Gasteiger partial charge is 0.492 e. The van der Waals surface area contributed by atoms with Gasteiger partial charge >= 0.3 is 0 Å². The van der Waals surface area contributed by atoms with Crippen LogP contribution >= 0.6 is 15.9 Å². The lowest BCUT2D eigenvalue weighted by atomic mass is 10.2. The zero-order chi connectivity index (χ0) is 13.7. The van der Waals surface area contributed by atoms with E-state index < -0.39 is 0 Å². The van der Waals surface area contributed by atoms with Crippen molar-refractivity contribution in [2.75, 3.05) is 13.2 Å². The molecule has 1 amide bonds. The van der Waals surface area contributed by atoms with Gasteiger partial charge in [0.1, 0.15) is 12.4 Å². The Labute approximate surface area is 119 Å². The predicted octanol–water partition coefficient (Wildman–Crippen LogP) is 3.16. The molecule has 0 saturated carbocycles. The Bertz CT molecular complexity index is 565. The van der Waals surface area contributed by atoms with Crippen LogP contribution < -0.4 is 10.1 Å². The van der Waals surface area contributed by atoms with E-state index in [4.69, 9.17) is 9.15 Å². The molecule has 0 saturated heterocycles. The van der Waals surface area contributed by atoms with E-state index in [2.05, 4.69) is 21.2 Å². The summed E-state index contributed by atoms with van der Waals surface area (Å²) in [6.07, 6.45) is 1.46. The molecule has 2 aromatic rings. The average Bonchev–Trinajstić information content (AvgIpc) is 2.81. The first kappa shape index (κ1) is 13.7. The number of aryl methyl sites for hydroxylation is 1. The number of benzene rings is 1. The molecule has 0 unspecified atom stereocenters. The Balaban J connectivity index is 1.75. The van der Waals surface area contributed by atoms with E-state index >= 15 is 0 Å². The maximum Gasteiger partial charge on any atom is 0.255 e. The highest BCUT2D eigenvalue weighted by Crippen LogP contribution is 2.17. The van der Waals surface area contributed by atoms with E-state index in [0.29, 0.717) is 23.4 Å². The first-order valence-electron chi connectivity index (χ1n) is 5.87. The fourth-order valence-electron chi connectivity index (χ4n) is 1.59. The molecular formula is C14H14BrNO3. The normalized spacial score (nSPS) is 10.2. The van der Waals surface area contributed by atoms with Crippen molar-refractivity contribution in [3.63, 3.8) is 0 Å². The molecule has 1 aromatic heterocycles. The van der Waals surface area contributed by atoms with Gasteiger partial charge in [-0.15, -0.1) is 0 Å². The van der Waals surface area contributed by atoms with Crippen molar-refractivity contribution in [2.24, 2.45) is 0 Å². The van der Waals surface area contributed by atoms with E-state index in [1.165, 1.54) is 6.26 Å². The van der Waals surface area contributed by atoms with Crippen molar-refractivity contribution in [2.45, 2.75) is 6.92 Å². The second-order valence-electron chi connectivity index (χ2n) is 4.03. The van der Waals surface area contributed by atoms with Gasteiger partial charge in [0.05, 0.1) is 18.4 Å². The summed E-state index contributed by atoms with van der Waals surface area (Å²) in [5, 5.41) is 2.76. The van der Waals surface area contributed by atoms with Gasteiger partial charge in [0.2, 0.25) is 0 Å². The summed E-state index contributed by atoms with van der Waals surface area (Å²) >= 11 is 3.16. The molecule has 1 N–H and O–H groups in total. The number of amides is 1. The van der Waals surface area contributed by atoms with Crippen molar-refractivity contribution in [3.8, 4) is 5.75 Å². The summed E-state index contributed by atoms with van der Waals surface area (Å²) in [4.78, 5) is 11.7. The summed E-state index contributed by atoms with van der Waals surface area (Å²) in [6.45, 7) is 2.86. The van der Waals surface area contributed by atoms with Gasteiger partial charge in [-0.25, -0.2) is 0 Å². The third-order valence-corrected chi connectivity index (χ3v) is 3.12. The summed E-state index contributed by atoms with van der Waals surface area (Å²) in [6, 6.07) is 9.40. The topological polar surface area (TPSA) is 51.5 Å². The van der Waals surface area contributed by atoms with Crippen LogP contribution in [0.1, 0.15) is 15.9 Å². The van der Waals surface area contributed by atoms with Gasteiger partial charge in [-0.1, -0.05) is 12.1 Å². The molecule has 2 rings (SSSR count). The molecule has 100 valence electrons. The van der Waals surface area contributed by atoms with Crippen LogP contribution in [0.25, 0.3) is 0 Å². The fourth-order valence-corrected chi connectivity index (χ4v) is 2.01. The standard InChI is InChI=1S/C14H14BrNO3/c1-10-3-2-4-11(9-10)18-8-6-16-14(17)12-5-7-19-13(12)15/h2-5,7,9H,6,8H2,1H3,(H,16,17). The highest BCUT2D eigenvalue weighted by Gasteiger charge is 2.11. The van der Waals surface area contributed by atoms with Crippen LogP contribution in [0.4, 0.5) is 0 Å². The van der Waals surface area contributed by atoms with Gasteiger partial charge in [-0.2, -0.15) is 0 Å². The molecule has 0 aliphatic rings. The molecule has 0 atom stereocenters. The zero-order valence-electron chi connectivity index (χ0n) is 10.5. The molecular weight excluding hydrogens is 310 g/mol. The lowest BCUT2D eigenvalue weighted by molar-refractivity contribution is 0.0945. The number of rotatable bonds is 5. The molecule has 0 fully saturated rings. The molecule has 0 spiro atoms. The number of halogens is 1. The highest BCUT2D eigenvalue weighted by atomic mass is 79.9. The van der Waals surface area contributed by atoms with E-state index in [9.17, 15) is 4.79 Å².